The van der Waals surface area contributed by atoms with E-state index in [1.807, 2.05) is 45.3 Å². The van der Waals surface area contributed by atoms with Gasteiger partial charge in [0.05, 0.1) is 23.3 Å². The van der Waals surface area contributed by atoms with Gasteiger partial charge in [-0.05, 0) is 92.3 Å². The lowest BCUT2D eigenvalue weighted by Gasteiger charge is -2.28. The highest BCUT2D eigenvalue weighted by molar-refractivity contribution is 7.80. The Morgan fingerprint density at radius 3 is 2.41 bits per heavy atom. The second-order valence-electron chi connectivity index (χ2n) is 9.42. The lowest BCUT2D eigenvalue weighted by Crippen LogP contribution is -2.29. The van der Waals surface area contributed by atoms with Gasteiger partial charge in [-0.2, -0.15) is 0 Å². The van der Waals surface area contributed by atoms with Gasteiger partial charge < -0.3 is 24.8 Å². The van der Waals surface area contributed by atoms with Crippen LogP contribution in [0, 0.1) is 13.8 Å². The Morgan fingerprint density at radius 1 is 1.00 bits per heavy atom. The van der Waals surface area contributed by atoms with Gasteiger partial charge in [0.1, 0.15) is 0 Å². The number of rotatable bonds is 6. The first-order valence-electron chi connectivity index (χ1n) is 12.1. The zero-order valence-corrected chi connectivity index (χ0v) is 22.0. The highest BCUT2D eigenvalue weighted by Gasteiger charge is 2.42. The maximum atomic E-state index is 11.6. The van der Waals surface area contributed by atoms with E-state index in [4.69, 9.17) is 12.2 Å². The average Bonchev–Trinajstić information content (AvgIpc) is 3.39. The second-order valence-corrected chi connectivity index (χ2v) is 9.81. The Kier molecular flexibility index (Phi) is 6.43. The lowest BCUT2D eigenvalue weighted by atomic mass is 9.96. The molecule has 0 radical (unpaired) electrons. The molecule has 0 unspecified atom stereocenters. The molecule has 188 valence electrons. The third-order valence-corrected chi connectivity index (χ3v) is 7.20. The largest absolute Gasteiger partial charge is 0.478 e. The molecule has 0 aliphatic carbocycles. The minimum Gasteiger partial charge on any atom is -0.478 e. The number of carbonyl (C=O) groups is 1. The summed E-state index contributed by atoms with van der Waals surface area (Å²) in [6, 6.07) is 23.1. The van der Waals surface area contributed by atoms with Gasteiger partial charge in [0, 0.05) is 48.7 Å². The summed E-state index contributed by atoms with van der Waals surface area (Å²) in [5.74, 6) is -0.947. The normalized spacial score (nSPS) is 17.1. The highest BCUT2D eigenvalue weighted by atomic mass is 32.1. The molecular weight excluding hydrogens is 482 g/mol. The van der Waals surface area contributed by atoms with Crippen LogP contribution in [-0.4, -0.2) is 39.8 Å². The van der Waals surface area contributed by atoms with Crippen LogP contribution in [-0.2, 0) is 0 Å². The van der Waals surface area contributed by atoms with Gasteiger partial charge in [0.15, 0.2) is 5.11 Å². The van der Waals surface area contributed by atoms with E-state index >= 15 is 0 Å². The molecule has 1 aliphatic rings. The molecule has 3 heterocycles. The number of carboxylic acids is 1. The maximum Gasteiger partial charge on any atom is 0.335 e. The number of aromatic nitrogens is 2. The van der Waals surface area contributed by atoms with Crippen LogP contribution in [0.25, 0.3) is 5.69 Å². The van der Waals surface area contributed by atoms with Gasteiger partial charge in [-0.25, -0.2) is 4.79 Å². The fourth-order valence-corrected chi connectivity index (χ4v) is 5.47. The van der Waals surface area contributed by atoms with Crippen LogP contribution in [0.5, 0.6) is 0 Å². The number of thiocarbonyl (C=S) groups is 1. The van der Waals surface area contributed by atoms with E-state index in [9.17, 15) is 9.90 Å². The summed E-state index contributed by atoms with van der Waals surface area (Å²) >= 11 is 5.89. The Bertz CT molecular complexity index is 1460. The maximum absolute atomic E-state index is 11.6. The number of carboxylic acid groups (broad SMARTS) is 1. The number of nitrogens with zero attached hydrogens (tertiary/aromatic N) is 4. The minimum absolute atomic E-state index is 0.157. The Labute approximate surface area is 222 Å². The predicted octanol–water partition coefficient (Wildman–Crippen LogP) is 5.43. The molecule has 0 amide bonds. The van der Waals surface area contributed by atoms with Crippen LogP contribution in [0.4, 0.5) is 11.4 Å². The number of hydrogen-bond donors (Lipinski definition) is 2. The topological polar surface area (TPSA) is 73.6 Å². The standard InChI is InChI=1S/C29H29N5O2S/c1-18-16-24(19(2)33(18)23-9-7-8-20(17-23)28(35)36)27-26(25-10-5-6-15-30-25)31-29(37)34(27)22-13-11-21(12-14-22)32(3)4/h5-17,26-27H,1-4H3,(H,31,37)(H,35,36)/t26-,27-/m0/s1. The molecule has 2 aromatic heterocycles. The van der Waals surface area contributed by atoms with Crippen molar-refractivity contribution < 1.29 is 9.90 Å². The molecule has 0 spiro atoms. The van der Waals surface area contributed by atoms with Gasteiger partial charge in [0.2, 0.25) is 0 Å². The zero-order valence-electron chi connectivity index (χ0n) is 21.2. The van der Waals surface area contributed by atoms with Gasteiger partial charge in [-0.1, -0.05) is 12.1 Å². The summed E-state index contributed by atoms with van der Waals surface area (Å²) in [6.45, 7) is 4.11. The molecule has 37 heavy (non-hydrogen) atoms. The molecule has 8 heteroatoms. The number of aryl methyl sites for hydroxylation is 1. The Hall–Kier alpha value is -4.17. The molecule has 0 saturated carbocycles. The van der Waals surface area contributed by atoms with Crippen molar-refractivity contribution in [2.45, 2.75) is 25.9 Å². The number of pyridine rings is 1. The van der Waals surface area contributed by atoms with E-state index < -0.39 is 5.97 Å². The minimum atomic E-state index is -0.947. The molecule has 2 N–H and O–H groups in total. The van der Waals surface area contributed by atoms with Crippen molar-refractivity contribution >= 4 is 34.7 Å². The summed E-state index contributed by atoms with van der Waals surface area (Å²) in [6.07, 6.45) is 1.80. The fraction of sp³-hybridized carbons (Fsp3) is 0.207. The SMILES string of the molecule is Cc1cc([C@H]2[C@H](c3ccccn3)NC(=S)N2c2ccc(N(C)C)cc2)c(C)n1-c1cccc(C(=O)O)c1. The molecule has 4 aromatic rings. The monoisotopic (exact) mass is 511 g/mol. The molecule has 2 atom stereocenters. The van der Waals surface area contributed by atoms with E-state index in [-0.39, 0.29) is 17.6 Å². The van der Waals surface area contributed by atoms with Crippen LogP contribution in [0.1, 0.15) is 45.1 Å². The number of anilines is 2. The molecule has 2 aromatic carbocycles. The average molecular weight is 512 g/mol. The van der Waals surface area contributed by atoms with Crippen molar-refractivity contribution in [3.05, 3.63) is 107 Å². The van der Waals surface area contributed by atoms with Crippen molar-refractivity contribution in [2.24, 2.45) is 0 Å². The smallest absolute Gasteiger partial charge is 0.335 e. The van der Waals surface area contributed by atoms with Crippen molar-refractivity contribution in [2.75, 3.05) is 23.9 Å². The van der Waals surface area contributed by atoms with E-state index in [1.54, 1.807) is 24.4 Å². The molecule has 0 bridgehead atoms. The molecule has 1 saturated heterocycles. The van der Waals surface area contributed by atoms with E-state index in [2.05, 4.69) is 61.9 Å². The summed E-state index contributed by atoms with van der Waals surface area (Å²) in [4.78, 5) is 20.5. The summed E-state index contributed by atoms with van der Waals surface area (Å²) in [5, 5.41) is 13.7. The van der Waals surface area contributed by atoms with Crippen LogP contribution in [0.3, 0.4) is 0 Å². The first-order valence-corrected chi connectivity index (χ1v) is 12.5. The van der Waals surface area contributed by atoms with Crippen LogP contribution in [0.2, 0.25) is 0 Å². The first kappa shape index (κ1) is 24.5. The van der Waals surface area contributed by atoms with E-state index in [0.29, 0.717) is 5.11 Å². The van der Waals surface area contributed by atoms with Gasteiger partial charge >= 0.3 is 5.97 Å². The van der Waals surface area contributed by atoms with E-state index in [1.165, 1.54) is 0 Å². The molecular formula is C29H29N5O2S. The van der Waals surface area contributed by atoms with Crippen LogP contribution < -0.4 is 15.1 Å². The van der Waals surface area contributed by atoms with Crippen LogP contribution in [0.15, 0.2) is 79.0 Å². The van der Waals surface area contributed by atoms with Gasteiger partial charge in [-0.3, -0.25) is 4.98 Å². The van der Waals surface area contributed by atoms with Gasteiger partial charge in [0.25, 0.3) is 0 Å². The Balaban J connectivity index is 1.65. The van der Waals surface area contributed by atoms with Crippen LogP contribution >= 0.6 is 12.2 Å². The summed E-state index contributed by atoms with van der Waals surface area (Å²) in [5.41, 5.74) is 7.19. The second kappa shape index (κ2) is 9.71. The quantitative estimate of drug-likeness (QED) is 0.334. The number of nitrogens with one attached hydrogen (secondary N) is 1. The number of benzene rings is 2. The van der Waals surface area contributed by atoms with Crippen molar-refractivity contribution in [1.29, 1.82) is 0 Å². The predicted molar refractivity (Wildman–Crippen MR) is 151 cm³/mol. The number of hydrogen-bond acceptors (Lipinski definition) is 4. The molecule has 1 aliphatic heterocycles. The highest BCUT2D eigenvalue weighted by Crippen LogP contribution is 2.44. The van der Waals surface area contributed by atoms with E-state index in [0.717, 1.165) is 39.7 Å². The fourth-order valence-electron chi connectivity index (χ4n) is 5.12. The van der Waals surface area contributed by atoms with Gasteiger partial charge in [-0.15, -0.1) is 0 Å². The third-order valence-electron chi connectivity index (χ3n) is 6.88. The first-order chi connectivity index (χ1) is 17.8. The lowest BCUT2D eigenvalue weighted by molar-refractivity contribution is 0.0697. The summed E-state index contributed by atoms with van der Waals surface area (Å²) < 4.78 is 2.10. The van der Waals surface area contributed by atoms with Crippen molar-refractivity contribution in [3.63, 3.8) is 0 Å². The summed E-state index contributed by atoms with van der Waals surface area (Å²) in [7, 11) is 4.04. The number of aromatic carboxylic acids is 1. The zero-order chi connectivity index (χ0) is 26.3. The molecule has 5 rings (SSSR count). The molecule has 7 nitrogen and oxygen atoms in total. The third kappa shape index (κ3) is 4.44. The van der Waals surface area contributed by atoms with Crippen molar-refractivity contribution in [1.82, 2.24) is 14.9 Å². The molecule has 1 fully saturated rings. The Morgan fingerprint density at radius 2 is 1.76 bits per heavy atom. The van der Waals surface area contributed by atoms with Crippen molar-refractivity contribution in [3.8, 4) is 5.69 Å².